The van der Waals surface area contributed by atoms with E-state index in [0.29, 0.717) is 35.2 Å². The van der Waals surface area contributed by atoms with Gasteiger partial charge in [-0.15, -0.1) is 0 Å². The Balaban J connectivity index is 1.45. The number of piperidine rings is 1. The maximum absolute atomic E-state index is 11.6. The van der Waals surface area contributed by atoms with Gasteiger partial charge in [-0.05, 0) is 37.1 Å². The Bertz CT molecular complexity index is 949. The third-order valence-corrected chi connectivity index (χ3v) is 5.61. The van der Waals surface area contributed by atoms with Crippen molar-refractivity contribution in [1.82, 2.24) is 4.98 Å². The number of pyridine rings is 1. The second-order valence-electron chi connectivity index (χ2n) is 6.81. The van der Waals surface area contributed by atoms with Gasteiger partial charge in [0.1, 0.15) is 23.1 Å². The summed E-state index contributed by atoms with van der Waals surface area (Å²) in [7, 11) is 0. The molecule has 1 aromatic carbocycles. The monoisotopic (exact) mass is 399 g/mol. The van der Waals surface area contributed by atoms with Crippen molar-refractivity contribution in [1.29, 1.82) is 0 Å². The molecule has 9 heteroatoms. The van der Waals surface area contributed by atoms with Gasteiger partial charge in [0.2, 0.25) is 11.2 Å². The molecule has 1 aromatic heterocycles. The summed E-state index contributed by atoms with van der Waals surface area (Å²) in [6.07, 6.45) is 2.84. The number of ether oxygens (including phenoxy) is 1. The van der Waals surface area contributed by atoms with Crippen LogP contribution in [0, 0.1) is 5.92 Å². The quantitative estimate of drug-likeness (QED) is 0.743. The van der Waals surface area contributed by atoms with Gasteiger partial charge in [-0.2, -0.15) is 4.40 Å². The molecule has 1 fully saturated rings. The summed E-state index contributed by atoms with van der Waals surface area (Å²) < 4.78 is 24.4. The number of rotatable bonds is 5. The maximum atomic E-state index is 11.6. The highest BCUT2D eigenvalue weighted by Gasteiger charge is 2.24. The Morgan fingerprint density at radius 3 is 3.04 bits per heavy atom. The van der Waals surface area contributed by atoms with Gasteiger partial charge < -0.3 is 15.4 Å². The number of aromatic nitrogens is 1. The topological polar surface area (TPSA) is 110 Å². The predicted octanol–water partition coefficient (Wildman–Crippen LogP) is 1.90. The van der Waals surface area contributed by atoms with Crippen molar-refractivity contribution in [3.05, 3.63) is 47.7 Å². The van der Waals surface area contributed by atoms with Crippen LogP contribution in [0.1, 0.15) is 28.9 Å². The molecular weight excluding hydrogens is 378 g/mol. The number of benzene rings is 1. The van der Waals surface area contributed by atoms with E-state index in [2.05, 4.69) is 19.0 Å². The fourth-order valence-corrected chi connectivity index (χ4v) is 4.22. The minimum Gasteiger partial charge on any atom is -0.492 e. The summed E-state index contributed by atoms with van der Waals surface area (Å²) in [5, 5.41) is 0. The lowest BCUT2D eigenvalue weighted by atomic mass is 9.99. The van der Waals surface area contributed by atoms with Crippen LogP contribution in [0.4, 0.5) is 11.5 Å². The van der Waals surface area contributed by atoms with Crippen molar-refractivity contribution < 1.29 is 13.7 Å². The molecule has 0 bridgehead atoms. The molecule has 0 radical (unpaired) electrons. The van der Waals surface area contributed by atoms with Gasteiger partial charge in [-0.25, -0.2) is 9.19 Å². The van der Waals surface area contributed by atoms with E-state index >= 15 is 0 Å². The zero-order chi connectivity index (χ0) is 19.5. The minimum atomic E-state index is -1.56. The lowest BCUT2D eigenvalue weighted by Crippen LogP contribution is -2.38. The number of nitrogens with zero attached hydrogens (tertiary/aromatic N) is 3. The van der Waals surface area contributed by atoms with Crippen molar-refractivity contribution in [2.45, 2.75) is 12.8 Å². The number of fused-ring (bicyclic) bond motifs is 1. The number of hydrogen-bond donors (Lipinski definition) is 2. The number of amidine groups is 1. The van der Waals surface area contributed by atoms with Crippen molar-refractivity contribution >= 4 is 34.8 Å². The summed E-state index contributed by atoms with van der Waals surface area (Å²) in [5.74, 6) is 1.97. The number of aldehydes is 1. The Hall–Kier alpha value is -2.94. The zero-order valence-corrected chi connectivity index (χ0v) is 16.0. The first kappa shape index (κ1) is 18.4. The number of nitrogens with one attached hydrogen (secondary N) is 1. The molecule has 2 aliphatic heterocycles. The van der Waals surface area contributed by atoms with Crippen molar-refractivity contribution in [3.8, 4) is 5.75 Å². The van der Waals surface area contributed by atoms with Crippen molar-refractivity contribution in [2.75, 3.05) is 29.3 Å². The van der Waals surface area contributed by atoms with Crippen LogP contribution in [0.15, 0.2) is 40.8 Å². The smallest absolute Gasteiger partial charge is 0.245 e. The molecule has 2 aromatic rings. The van der Waals surface area contributed by atoms with E-state index in [9.17, 15) is 9.00 Å². The first-order valence-electron chi connectivity index (χ1n) is 9.10. The maximum Gasteiger partial charge on any atom is 0.245 e. The molecular formula is C19H21N5O3S. The number of carbonyl (C=O) groups is 1. The number of carbonyl (C=O) groups excluding carboxylic acids is 1. The van der Waals surface area contributed by atoms with Crippen LogP contribution in [0.2, 0.25) is 0 Å². The summed E-state index contributed by atoms with van der Waals surface area (Å²) >= 11 is -1.56. The average molecular weight is 399 g/mol. The number of anilines is 2. The zero-order valence-electron chi connectivity index (χ0n) is 15.2. The summed E-state index contributed by atoms with van der Waals surface area (Å²) in [4.78, 5) is 17.6. The molecule has 0 amide bonds. The molecule has 28 heavy (non-hydrogen) atoms. The van der Waals surface area contributed by atoms with Crippen LogP contribution >= 0.6 is 0 Å². The fraction of sp³-hybridized carbons (Fsp3) is 0.316. The van der Waals surface area contributed by atoms with Crippen LogP contribution in [0.3, 0.4) is 0 Å². The highest BCUT2D eigenvalue weighted by molar-refractivity contribution is 7.85. The first-order valence-corrected chi connectivity index (χ1v) is 10.2. The van der Waals surface area contributed by atoms with E-state index in [1.165, 1.54) is 0 Å². The van der Waals surface area contributed by atoms with E-state index in [0.717, 1.165) is 38.0 Å². The number of nitrogens with two attached hydrogens (primary N) is 1. The normalized spacial score (nSPS) is 21.3. The van der Waals surface area contributed by atoms with Gasteiger partial charge in [0, 0.05) is 19.0 Å². The van der Waals surface area contributed by atoms with Gasteiger partial charge in [-0.1, -0.05) is 12.1 Å². The van der Waals surface area contributed by atoms with Gasteiger partial charge in [-0.3, -0.25) is 9.52 Å². The molecule has 2 unspecified atom stereocenters. The minimum absolute atomic E-state index is 0.211. The summed E-state index contributed by atoms with van der Waals surface area (Å²) in [6, 6.07) is 10.9. The van der Waals surface area contributed by atoms with E-state index < -0.39 is 11.2 Å². The fourth-order valence-electron chi connectivity index (χ4n) is 3.55. The highest BCUT2D eigenvalue weighted by Crippen LogP contribution is 2.30. The summed E-state index contributed by atoms with van der Waals surface area (Å²) in [6.45, 7) is 2.23. The predicted molar refractivity (Wildman–Crippen MR) is 109 cm³/mol. The molecule has 146 valence electrons. The molecule has 0 saturated carbocycles. The third kappa shape index (κ3) is 3.84. The summed E-state index contributed by atoms with van der Waals surface area (Å²) in [5.41, 5.74) is 7.70. The van der Waals surface area contributed by atoms with Crippen LogP contribution < -0.4 is 20.1 Å². The van der Waals surface area contributed by atoms with Gasteiger partial charge in [0.25, 0.3) is 0 Å². The SMILES string of the molecule is NC1=NS(=O)Nc2cccc(OCC3CCCN(c4cccc(C=O)n4)C3)c21. The lowest BCUT2D eigenvalue weighted by Gasteiger charge is -2.33. The van der Waals surface area contributed by atoms with E-state index in [4.69, 9.17) is 10.5 Å². The van der Waals surface area contributed by atoms with Crippen LogP contribution in [0.25, 0.3) is 0 Å². The van der Waals surface area contributed by atoms with Gasteiger partial charge >= 0.3 is 0 Å². The Kier molecular flexibility index (Phi) is 5.25. The molecule has 3 N–H and O–H groups in total. The Morgan fingerprint density at radius 1 is 1.32 bits per heavy atom. The first-order chi connectivity index (χ1) is 13.6. The van der Waals surface area contributed by atoms with E-state index in [-0.39, 0.29) is 5.84 Å². The van der Waals surface area contributed by atoms with Crippen molar-refractivity contribution in [3.63, 3.8) is 0 Å². The molecule has 2 aliphatic rings. The average Bonchev–Trinajstić information content (AvgIpc) is 2.72. The lowest BCUT2D eigenvalue weighted by molar-refractivity contribution is 0.111. The van der Waals surface area contributed by atoms with Gasteiger partial charge in [0.15, 0.2) is 6.29 Å². The molecule has 0 aliphatic carbocycles. The highest BCUT2D eigenvalue weighted by atomic mass is 32.2. The van der Waals surface area contributed by atoms with Crippen LogP contribution in [-0.2, 0) is 11.2 Å². The second-order valence-corrected chi connectivity index (χ2v) is 7.70. The van der Waals surface area contributed by atoms with Crippen LogP contribution in [0.5, 0.6) is 5.75 Å². The largest absolute Gasteiger partial charge is 0.492 e. The van der Waals surface area contributed by atoms with Crippen molar-refractivity contribution in [2.24, 2.45) is 16.0 Å². The molecule has 3 heterocycles. The molecule has 2 atom stereocenters. The molecule has 1 saturated heterocycles. The molecule has 4 rings (SSSR count). The standard InChI is InChI=1S/C19H21N5O3S/c20-19-18-15(22-28(26)23-19)6-2-7-16(18)27-12-13-4-3-9-24(10-13)17-8-1-5-14(11-25)21-17/h1-2,5-8,11,13,22H,3-4,9-10,12H2,(H2,20,23). The van der Waals surface area contributed by atoms with E-state index in [1.807, 2.05) is 24.3 Å². The molecule has 8 nitrogen and oxygen atoms in total. The van der Waals surface area contributed by atoms with Gasteiger partial charge in [0.05, 0.1) is 17.9 Å². The molecule has 0 spiro atoms. The van der Waals surface area contributed by atoms with Crippen LogP contribution in [-0.4, -0.2) is 41.0 Å². The van der Waals surface area contributed by atoms with E-state index in [1.54, 1.807) is 12.1 Å². The Labute approximate surface area is 165 Å². The number of hydrogen-bond acceptors (Lipinski definition) is 6. The third-order valence-electron chi connectivity index (χ3n) is 4.86. The second kappa shape index (κ2) is 7.97. The Morgan fingerprint density at radius 2 is 2.18 bits per heavy atom.